The third kappa shape index (κ3) is 1.97. The van der Waals surface area contributed by atoms with Crippen LogP contribution in [-0.4, -0.2) is 23.3 Å². The molecule has 1 saturated heterocycles. The van der Waals surface area contributed by atoms with Crippen molar-refractivity contribution in [2.75, 3.05) is 13.1 Å². The Morgan fingerprint density at radius 3 is 2.67 bits per heavy atom. The highest BCUT2D eigenvalue weighted by atomic mass is 16.3. The van der Waals surface area contributed by atoms with Gasteiger partial charge in [-0.3, -0.25) is 5.10 Å². The topological polar surface area (TPSA) is 53.9 Å². The maximum Gasteiger partial charge on any atom is 0.154 e. The zero-order chi connectivity index (χ0) is 12.5. The van der Waals surface area contributed by atoms with E-state index in [1.807, 2.05) is 19.1 Å². The molecule has 18 heavy (non-hydrogen) atoms. The first-order valence-electron chi connectivity index (χ1n) is 6.58. The zero-order valence-corrected chi connectivity index (χ0v) is 10.9. The number of H-pyrrole nitrogens is 1. The molecular formula is C14H19N3O. The molecule has 1 aliphatic heterocycles. The maximum absolute atomic E-state index is 5.66. The summed E-state index contributed by atoms with van der Waals surface area (Å²) < 4.78 is 5.66. The molecule has 1 fully saturated rings. The summed E-state index contributed by atoms with van der Waals surface area (Å²) >= 11 is 0. The van der Waals surface area contributed by atoms with E-state index in [0.29, 0.717) is 5.92 Å². The van der Waals surface area contributed by atoms with Crippen LogP contribution in [0.3, 0.4) is 0 Å². The van der Waals surface area contributed by atoms with Gasteiger partial charge in [-0.05, 0) is 51.9 Å². The van der Waals surface area contributed by atoms with Gasteiger partial charge in [-0.2, -0.15) is 5.10 Å². The van der Waals surface area contributed by atoms with Crippen molar-refractivity contribution in [2.24, 2.45) is 0 Å². The summed E-state index contributed by atoms with van der Waals surface area (Å²) in [6.07, 6.45) is 2.36. The van der Waals surface area contributed by atoms with Crippen molar-refractivity contribution < 1.29 is 4.42 Å². The van der Waals surface area contributed by atoms with Crippen LogP contribution in [0, 0.1) is 13.8 Å². The summed E-state index contributed by atoms with van der Waals surface area (Å²) in [4.78, 5) is 0. The van der Waals surface area contributed by atoms with E-state index in [-0.39, 0.29) is 0 Å². The highest BCUT2D eigenvalue weighted by molar-refractivity contribution is 5.58. The molecule has 0 spiro atoms. The molecule has 3 heterocycles. The summed E-state index contributed by atoms with van der Waals surface area (Å²) in [7, 11) is 0. The van der Waals surface area contributed by atoms with Gasteiger partial charge in [0.15, 0.2) is 5.76 Å². The van der Waals surface area contributed by atoms with Crippen LogP contribution < -0.4 is 5.32 Å². The van der Waals surface area contributed by atoms with Crippen molar-refractivity contribution >= 4 is 0 Å². The van der Waals surface area contributed by atoms with E-state index < -0.39 is 0 Å². The van der Waals surface area contributed by atoms with Gasteiger partial charge < -0.3 is 9.73 Å². The molecule has 0 unspecified atom stereocenters. The molecule has 1 aliphatic rings. The summed E-state index contributed by atoms with van der Waals surface area (Å²) in [5, 5.41) is 11.0. The van der Waals surface area contributed by atoms with Crippen molar-refractivity contribution in [3.05, 3.63) is 29.2 Å². The van der Waals surface area contributed by atoms with Crippen LogP contribution >= 0.6 is 0 Å². The smallest absolute Gasteiger partial charge is 0.154 e. The molecule has 2 aromatic heterocycles. The van der Waals surface area contributed by atoms with Gasteiger partial charge in [0, 0.05) is 17.2 Å². The van der Waals surface area contributed by atoms with Crippen molar-refractivity contribution in [3.63, 3.8) is 0 Å². The lowest BCUT2D eigenvalue weighted by Gasteiger charge is -2.21. The van der Waals surface area contributed by atoms with Gasteiger partial charge in [-0.15, -0.1) is 0 Å². The summed E-state index contributed by atoms with van der Waals surface area (Å²) in [6, 6.07) is 3.97. The fraction of sp³-hybridized carbons (Fsp3) is 0.500. The Bertz CT molecular complexity index is 535. The normalized spacial score (nSPS) is 17.2. The number of hydrogen-bond donors (Lipinski definition) is 2. The molecule has 4 heteroatoms. The van der Waals surface area contributed by atoms with Crippen LogP contribution in [0.5, 0.6) is 0 Å². The highest BCUT2D eigenvalue weighted by Gasteiger charge is 2.22. The van der Waals surface area contributed by atoms with Crippen molar-refractivity contribution in [2.45, 2.75) is 32.6 Å². The third-order valence-corrected chi connectivity index (χ3v) is 3.77. The molecule has 0 saturated carbocycles. The Morgan fingerprint density at radius 1 is 1.22 bits per heavy atom. The first-order valence-corrected chi connectivity index (χ1v) is 6.58. The number of aromatic nitrogens is 2. The average molecular weight is 245 g/mol. The number of piperidine rings is 1. The Kier molecular flexibility index (Phi) is 2.96. The number of aryl methyl sites for hydroxylation is 1. The van der Waals surface area contributed by atoms with Crippen LogP contribution in [0.2, 0.25) is 0 Å². The summed E-state index contributed by atoms with van der Waals surface area (Å²) in [5.74, 6) is 2.39. The van der Waals surface area contributed by atoms with Gasteiger partial charge >= 0.3 is 0 Å². The van der Waals surface area contributed by atoms with Crippen LogP contribution in [-0.2, 0) is 0 Å². The highest BCUT2D eigenvalue weighted by Crippen LogP contribution is 2.32. The zero-order valence-electron chi connectivity index (χ0n) is 10.9. The molecule has 2 aromatic rings. The van der Waals surface area contributed by atoms with E-state index in [9.17, 15) is 0 Å². The summed E-state index contributed by atoms with van der Waals surface area (Å²) in [5.41, 5.74) is 3.47. The van der Waals surface area contributed by atoms with Crippen LogP contribution in [0.1, 0.15) is 35.8 Å². The Balaban J connectivity index is 1.92. The molecule has 0 aromatic carbocycles. The fourth-order valence-electron chi connectivity index (χ4n) is 2.72. The van der Waals surface area contributed by atoms with Gasteiger partial charge in [0.1, 0.15) is 11.5 Å². The standard InChI is InChI=1S/C14H19N3O/c1-9-3-4-12(18-9)14-10(2)13(16-17-14)11-5-7-15-8-6-11/h3-4,11,15H,5-8H2,1-2H3,(H,16,17). The monoisotopic (exact) mass is 245 g/mol. The van der Waals surface area contributed by atoms with Gasteiger partial charge in [0.2, 0.25) is 0 Å². The molecule has 96 valence electrons. The van der Waals surface area contributed by atoms with Crippen molar-refractivity contribution in [3.8, 4) is 11.5 Å². The van der Waals surface area contributed by atoms with Crippen LogP contribution in [0.25, 0.3) is 11.5 Å². The predicted octanol–water partition coefficient (Wildman–Crippen LogP) is 2.75. The number of aromatic amines is 1. The van der Waals surface area contributed by atoms with Gasteiger partial charge in [0.25, 0.3) is 0 Å². The molecule has 3 rings (SSSR count). The second-order valence-electron chi connectivity index (χ2n) is 5.05. The minimum absolute atomic E-state index is 0.601. The molecule has 2 N–H and O–H groups in total. The van der Waals surface area contributed by atoms with E-state index in [1.54, 1.807) is 0 Å². The lowest BCUT2D eigenvalue weighted by atomic mass is 9.92. The minimum atomic E-state index is 0.601. The van der Waals surface area contributed by atoms with Crippen molar-refractivity contribution in [1.29, 1.82) is 0 Å². The second kappa shape index (κ2) is 4.61. The quantitative estimate of drug-likeness (QED) is 0.855. The van der Waals surface area contributed by atoms with Crippen LogP contribution in [0.4, 0.5) is 0 Å². The first-order chi connectivity index (χ1) is 8.75. The molecule has 0 atom stereocenters. The average Bonchev–Trinajstić information content (AvgIpc) is 2.97. The van der Waals surface area contributed by atoms with Crippen LogP contribution in [0.15, 0.2) is 16.5 Å². The number of nitrogens with zero attached hydrogens (tertiary/aromatic N) is 1. The molecular weight excluding hydrogens is 226 g/mol. The number of furan rings is 1. The first kappa shape index (κ1) is 11.5. The molecule has 0 amide bonds. The fourth-order valence-corrected chi connectivity index (χ4v) is 2.72. The lowest BCUT2D eigenvalue weighted by molar-refractivity contribution is 0.451. The lowest BCUT2D eigenvalue weighted by Crippen LogP contribution is -2.27. The Hall–Kier alpha value is -1.55. The van der Waals surface area contributed by atoms with Gasteiger partial charge in [-0.1, -0.05) is 0 Å². The van der Waals surface area contributed by atoms with Gasteiger partial charge in [0.05, 0.1) is 0 Å². The van der Waals surface area contributed by atoms with E-state index in [2.05, 4.69) is 22.4 Å². The molecule has 0 bridgehead atoms. The molecule has 4 nitrogen and oxygen atoms in total. The molecule has 0 radical (unpaired) electrons. The second-order valence-corrected chi connectivity index (χ2v) is 5.05. The minimum Gasteiger partial charge on any atom is -0.460 e. The number of nitrogens with one attached hydrogen (secondary N) is 2. The number of hydrogen-bond acceptors (Lipinski definition) is 3. The number of rotatable bonds is 2. The maximum atomic E-state index is 5.66. The van der Waals surface area contributed by atoms with Gasteiger partial charge in [-0.25, -0.2) is 0 Å². The summed E-state index contributed by atoms with van der Waals surface area (Å²) in [6.45, 7) is 6.28. The molecule has 0 aliphatic carbocycles. The third-order valence-electron chi connectivity index (χ3n) is 3.77. The van der Waals surface area contributed by atoms with E-state index in [1.165, 1.54) is 24.1 Å². The predicted molar refractivity (Wildman–Crippen MR) is 70.6 cm³/mol. The largest absolute Gasteiger partial charge is 0.460 e. The Labute approximate surface area is 107 Å². The van der Waals surface area contributed by atoms with E-state index >= 15 is 0 Å². The van der Waals surface area contributed by atoms with E-state index in [4.69, 9.17) is 4.42 Å². The van der Waals surface area contributed by atoms with E-state index in [0.717, 1.165) is 30.3 Å². The van der Waals surface area contributed by atoms with Crippen molar-refractivity contribution in [1.82, 2.24) is 15.5 Å². The Morgan fingerprint density at radius 2 is 2.00 bits per heavy atom. The SMILES string of the molecule is Cc1ccc(-c2n[nH]c(C3CCNCC3)c2C)o1.